The van der Waals surface area contributed by atoms with Crippen LogP contribution in [0.2, 0.25) is 0 Å². The van der Waals surface area contributed by atoms with Crippen LogP contribution < -0.4 is 14.8 Å². The molecule has 1 unspecified atom stereocenters. The molecule has 0 spiro atoms. The Labute approximate surface area is 156 Å². The van der Waals surface area contributed by atoms with Crippen molar-refractivity contribution in [2.24, 2.45) is 0 Å². The van der Waals surface area contributed by atoms with Crippen LogP contribution in [0.1, 0.15) is 28.9 Å². The Balaban J connectivity index is 1.78. The number of rotatable bonds is 6. The average molecular weight is 369 g/mol. The molecule has 7 heteroatoms. The van der Waals surface area contributed by atoms with E-state index in [0.29, 0.717) is 11.5 Å². The number of carbonyl (C=O) groups is 1. The van der Waals surface area contributed by atoms with E-state index in [1.165, 1.54) is 16.8 Å². The number of methoxy groups -OCH3 is 2. The van der Waals surface area contributed by atoms with Crippen molar-refractivity contribution in [2.45, 2.75) is 13.0 Å². The van der Waals surface area contributed by atoms with Crippen molar-refractivity contribution in [3.63, 3.8) is 0 Å². The Bertz CT molecular complexity index is 942. The number of nitrogens with one attached hydrogen (secondary N) is 1. The molecule has 1 amide bonds. The zero-order valence-electron chi connectivity index (χ0n) is 15.3. The van der Waals surface area contributed by atoms with E-state index in [9.17, 15) is 9.18 Å². The number of hydrogen-bond acceptors (Lipinski definition) is 4. The summed E-state index contributed by atoms with van der Waals surface area (Å²) in [6.07, 6.45) is 3.19. The molecule has 0 fully saturated rings. The number of ether oxygens (including phenoxy) is 2. The van der Waals surface area contributed by atoms with Crippen LogP contribution in [-0.2, 0) is 0 Å². The summed E-state index contributed by atoms with van der Waals surface area (Å²) < 4.78 is 26.3. The summed E-state index contributed by atoms with van der Waals surface area (Å²) in [6, 6.07) is 11.0. The lowest BCUT2D eigenvalue weighted by atomic mass is 10.1. The van der Waals surface area contributed by atoms with E-state index in [1.807, 2.05) is 13.0 Å². The number of carbonyl (C=O) groups excluding carboxylic acids is 1. The predicted octanol–water partition coefficient (Wildman–Crippen LogP) is 3.52. The molecule has 6 nitrogen and oxygen atoms in total. The Morgan fingerprint density at radius 1 is 1.19 bits per heavy atom. The van der Waals surface area contributed by atoms with Gasteiger partial charge in [-0.05, 0) is 43.3 Å². The Kier molecular flexibility index (Phi) is 5.40. The summed E-state index contributed by atoms with van der Waals surface area (Å²) in [7, 11) is 3.12. The number of nitrogens with zero attached hydrogens (tertiary/aromatic N) is 2. The highest BCUT2D eigenvalue weighted by molar-refractivity contribution is 5.94. The summed E-state index contributed by atoms with van der Waals surface area (Å²) >= 11 is 0. The van der Waals surface area contributed by atoms with E-state index in [4.69, 9.17) is 9.47 Å². The van der Waals surface area contributed by atoms with E-state index in [1.54, 1.807) is 50.9 Å². The van der Waals surface area contributed by atoms with Crippen LogP contribution in [0.15, 0.2) is 54.9 Å². The molecule has 1 N–H and O–H groups in total. The second-order valence-electron chi connectivity index (χ2n) is 5.92. The summed E-state index contributed by atoms with van der Waals surface area (Å²) in [6.45, 7) is 1.83. The van der Waals surface area contributed by atoms with Gasteiger partial charge in [0, 0.05) is 29.6 Å². The van der Waals surface area contributed by atoms with Crippen LogP contribution in [0.4, 0.5) is 4.39 Å². The summed E-state index contributed by atoms with van der Waals surface area (Å²) in [5.41, 5.74) is 1.30. The predicted molar refractivity (Wildman–Crippen MR) is 98.9 cm³/mol. The molecule has 0 aliphatic rings. The van der Waals surface area contributed by atoms with Gasteiger partial charge in [0.2, 0.25) is 0 Å². The lowest BCUT2D eigenvalue weighted by molar-refractivity contribution is 0.0939. The van der Waals surface area contributed by atoms with Gasteiger partial charge in [-0.2, -0.15) is 5.10 Å². The fourth-order valence-corrected chi connectivity index (χ4v) is 2.78. The fraction of sp³-hybridized carbons (Fsp3) is 0.200. The van der Waals surface area contributed by atoms with Crippen molar-refractivity contribution >= 4 is 5.91 Å². The van der Waals surface area contributed by atoms with Crippen LogP contribution in [-0.4, -0.2) is 29.9 Å². The molecule has 0 aliphatic heterocycles. The molecule has 0 bridgehead atoms. The maximum atomic E-state index is 14.4. The van der Waals surface area contributed by atoms with Crippen LogP contribution in [0.3, 0.4) is 0 Å². The van der Waals surface area contributed by atoms with Gasteiger partial charge in [0.1, 0.15) is 23.0 Å². The van der Waals surface area contributed by atoms with Crippen molar-refractivity contribution in [1.82, 2.24) is 15.1 Å². The normalized spacial score (nSPS) is 11.7. The number of benzene rings is 2. The molecular weight excluding hydrogens is 349 g/mol. The monoisotopic (exact) mass is 369 g/mol. The van der Waals surface area contributed by atoms with Gasteiger partial charge in [0.05, 0.1) is 20.3 Å². The van der Waals surface area contributed by atoms with Gasteiger partial charge in [-0.1, -0.05) is 0 Å². The highest BCUT2D eigenvalue weighted by atomic mass is 19.1. The summed E-state index contributed by atoms with van der Waals surface area (Å²) in [5.74, 6) is 0.347. The molecule has 0 aliphatic carbocycles. The first kappa shape index (κ1) is 18.4. The SMILES string of the molecule is COc1ccc(C(C)NC(=O)c2ccc(-n3cccn3)c(F)c2)c(OC)c1. The second kappa shape index (κ2) is 7.90. The topological polar surface area (TPSA) is 65.4 Å². The first-order valence-electron chi connectivity index (χ1n) is 8.36. The Morgan fingerprint density at radius 2 is 2.00 bits per heavy atom. The highest BCUT2D eigenvalue weighted by Gasteiger charge is 2.17. The van der Waals surface area contributed by atoms with Gasteiger partial charge in [0.25, 0.3) is 5.91 Å². The molecule has 2 aromatic carbocycles. The van der Waals surface area contributed by atoms with Gasteiger partial charge >= 0.3 is 0 Å². The minimum absolute atomic E-state index is 0.225. The van der Waals surface area contributed by atoms with E-state index in [-0.39, 0.29) is 23.2 Å². The van der Waals surface area contributed by atoms with Gasteiger partial charge in [-0.15, -0.1) is 0 Å². The van der Waals surface area contributed by atoms with E-state index in [0.717, 1.165) is 5.56 Å². The van der Waals surface area contributed by atoms with Crippen LogP contribution in [0.25, 0.3) is 5.69 Å². The molecule has 0 saturated carbocycles. The van der Waals surface area contributed by atoms with Crippen molar-refractivity contribution in [3.05, 3.63) is 71.8 Å². The summed E-state index contributed by atoms with van der Waals surface area (Å²) in [5, 5.41) is 6.85. The van der Waals surface area contributed by atoms with Crippen molar-refractivity contribution in [3.8, 4) is 17.2 Å². The van der Waals surface area contributed by atoms with E-state index in [2.05, 4.69) is 10.4 Å². The number of aromatic nitrogens is 2. The first-order chi connectivity index (χ1) is 13.0. The molecule has 1 atom stereocenters. The molecule has 3 aromatic rings. The Morgan fingerprint density at radius 3 is 2.63 bits per heavy atom. The van der Waals surface area contributed by atoms with Gasteiger partial charge < -0.3 is 14.8 Å². The van der Waals surface area contributed by atoms with Crippen LogP contribution >= 0.6 is 0 Å². The Hall–Kier alpha value is -3.35. The number of amides is 1. The first-order valence-corrected chi connectivity index (χ1v) is 8.36. The molecule has 0 radical (unpaired) electrons. The third-order valence-electron chi connectivity index (χ3n) is 4.22. The number of hydrogen-bond donors (Lipinski definition) is 1. The zero-order chi connectivity index (χ0) is 19.4. The van der Waals surface area contributed by atoms with Crippen molar-refractivity contribution < 1.29 is 18.7 Å². The third kappa shape index (κ3) is 3.92. The molecular formula is C20H20FN3O3. The minimum Gasteiger partial charge on any atom is -0.497 e. The van der Waals surface area contributed by atoms with E-state index < -0.39 is 5.82 Å². The molecule has 1 aromatic heterocycles. The third-order valence-corrected chi connectivity index (χ3v) is 4.22. The van der Waals surface area contributed by atoms with Gasteiger partial charge in [0.15, 0.2) is 0 Å². The summed E-state index contributed by atoms with van der Waals surface area (Å²) in [4.78, 5) is 12.5. The number of halogens is 1. The fourth-order valence-electron chi connectivity index (χ4n) is 2.78. The standard InChI is InChI=1S/C20H20FN3O3/c1-13(16-7-6-15(26-2)12-19(16)27-3)23-20(25)14-5-8-18(17(21)11-14)24-10-4-9-22-24/h4-13H,1-3H3,(H,23,25). The van der Waals surface area contributed by atoms with Crippen LogP contribution in [0.5, 0.6) is 11.5 Å². The van der Waals surface area contributed by atoms with Crippen LogP contribution in [0, 0.1) is 5.82 Å². The van der Waals surface area contributed by atoms with Gasteiger partial charge in [-0.25, -0.2) is 9.07 Å². The quantitative estimate of drug-likeness (QED) is 0.722. The smallest absolute Gasteiger partial charge is 0.251 e. The minimum atomic E-state index is -0.527. The maximum Gasteiger partial charge on any atom is 0.251 e. The lowest BCUT2D eigenvalue weighted by Crippen LogP contribution is -2.27. The lowest BCUT2D eigenvalue weighted by Gasteiger charge is -2.18. The molecule has 0 saturated heterocycles. The largest absolute Gasteiger partial charge is 0.497 e. The van der Waals surface area contributed by atoms with Gasteiger partial charge in [-0.3, -0.25) is 4.79 Å². The van der Waals surface area contributed by atoms with E-state index >= 15 is 0 Å². The van der Waals surface area contributed by atoms with Crippen molar-refractivity contribution in [1.29, 1.82) is 0 Å². The zero-order valence-corrected chi connectivity index (χ0v) is 15.3. The van der Waals surface area contributed by atoms with Crippen molar-refractivity contribution in [2.75, 3.05) is 14.2 Å². The average Bonchev–Trinajstić information content (AvgIpc) is 3.21. The highest BCUT2D eigenvalue weighted by Crippen LogP contribution is 2.29. The second-order valence-corrected chi connectivity index (χ2v) is 5.92. The molecule has 1 heterocycles. The maximum absolute atomic E-state index is 14.4. The molecule has 3 rings (SSSR count). The molecule has 140 valence electrons. The molecule has 27 heavy (non-hydrogen) atoms.